The van der Waals surface area contributed by atoms with Gasteiger partial charge in [-0.15, -0.1) is 11.3 Å². The Balaban J connectivity index is 1.98. The summed E-state index contributed by atoms with van der Waals surface area (Å²) in [6.45, 7) is 2.87. The van der Waals surface area contributed by atoms with Crippen molar-refractivity contribution in [3.8, 4) is 0 Å². The summed E-state index contributed by atoms with van der Waals surface area (Å²) in [7, 11) is 1.73. The number of carbonyl (C=O) groups is 2. The molecule has 5 nitrogen and oxygen atoms in total. The van der Waals surface area contributed by atoms with Crippen molar-refractivity contribution in [2.45, 2.75) is 19.4 Å². The van der Waals surface area contributed by atoms with E-state index in [4.69, 9.17) is 0 Å². The molecule has 0 saturated carbocycles. The molecule has 0 spiro atoms. The van der Waals surface area contributed by atoms with Crippen LogP contribution < -0.4 is 10.6 Å². The Hall–Kier alpha value is -2.25. The maximum Gasteiger partial charge on any atom is 0.234 e. The highest BCUT2D eigenvalue weighted by molar-refractivity contribution is 7.10. The number of nitrogens with zero attached hydrogens (tertiary/aromatic N) is 1. The quantitative estimate of drug-likeness (QED) is 0.706. The van der Waals surface area contributed by atoms with Gasteiger partial charge in [-0.2, -0.15) is 0 Å². The van der Waals surface area contributed by atoms with Crippen molar-refractivity contribution in [1.29, 1.82) is 0 Å². The number of benzene rings is 1. The van der Waals surface area contributed by atoms with E-state index in [0.29, 0.717) is 6.54 Å². The van der Waals surface area contributed by atoms with Gasteiger partial charge in [0.25, 0.3) is 0 Å². The predicted molar refractivity (Wildman–Crippen MR) is 102 cm³/mol. The van der Waals surface area contributed by atoms with Crippen molar-refractivity contribution in [2.24, 2.45) is 0 Å². The van der Waals surface area contributed by atoms with E-state index in [9.17, 15) is 14.0 Å². The zero-order valence-electron chi connectivity index (χ0n) is 15.0. The fourth-order valence-corrected chi connectivity index (χ4v) is 3.31. The topological polar surface area (TPSA) is 61.4 Å². The van der Waals surface area contributed by atoms with Crippen LogP contribution in [0.15, 0.2) is 41.8 Å². The maximum absolute atomic E-state index is 13.2. The second-order valence-electron chi connectivity index (χ2n) is 6.09. The van der Waals surface area contributed by atoms with Crippen LogP contribution in [0.4, 0.5) is 4.39 Å². The standard InChI is InChI=1S/C19H24FN3O2S/c1-3-10-21-17(24)12-23(2)13-18(25)22-19(16-5-4-11-26-16)14-6-8-15(20)9-7-14/h4-9,11,19H,3,10,12-13H2,1-2H3,(H,21,24)(H,22,25)/t19-/m0/s1. The lowest BCUT2D eigenvalue weighted by Gasteiger charge is -2.21. The first-order valence-electron chi connectivity index (χ1n) is 8.53. The van der Waals surface area contributed by atoms with Gasteiger partial charge >= 0.3 is 0 Å². The monoisotopic (exact) mass is 377 g/mol. The summed E-state index contributed by atoms with van der Waals surface area (Å²) in [4.78, 5) is 26.8. The first kappa shape index (κ1) is 20.1. The van der Waals surface area contributed by atoms with E-state index in [1.807, 2.05) is 24.4 Å². The Morgan fingerprint density at radius 2 is 1.85 bits per heavy atom. The molecule has 26 heavy (non-hydrogen) atoms. The molecule has 1 aromatic carbocycles. The zero-order valence-corrected chi connectivity index (χ0v) is 15.8. The van der Waals surface area contributed by atoms with E-state index in [-0.39, 0.29) is 36.8 Å². The first-order valence-corrected chi connectivity index (χ1v) is 9.41. The minimum atomic E-state index is -0.342. The van der Waals surface area contributed by atoms with E-state index in [1.54, 1.807) is 24.1 Å². The summed E-state index contributed by atoms with van der Waals surface area (Å²) < 4.78 is 13.2. The molecule has 0 aliphatic carbocycles. The van der Waals surface area contributed by atoms with Gasteiger partial charge in [0.1, 0.15) is 5.82 Å². The molecule has 7 heteroatoms. The number of thiophene rings is 1. The van der Waals surface area contributed by atoms with Gasteiger partial charge in [0.05, 0.1) is 19.1 Å². The van der Waals surface area contributed by atoms with Gasteiger partial charge < -0.3 is 10.6 Å². The molecule has 140 valence electrons. The Labute approximate surface area is 157 Å². The molecule has 2 N–H and O–H groups in total. The van der Waals surface area contributed by atoms with Crippen LogP contribution in [0, 0.1) is 5.82 Å². The number of amides is 2. The Morgan fingerprint density at radius 1 is 1.15 bits per heavy atom. The number of halogens is 1. The number of hydrogen-bond donors (Lipinski definition) is 2. The fraction of sp³-hybridized carbons (Fsp3) is 0.368. The van der Waals surface area contributed by atoms with Crippen molar-refractivity contribution in [3.05, 3.63) is 58.0 Å². The average Bonchev–Trinajstić information content (AvgIpc) is 3.13. The molecule has 2 aromatic rings. The molecule has 2 rings (SSSR count). The average molecular weight is 377 g/mol. The third kappa shape index (κ3) is 6.24. The van der Waals surface area contributed by atoms with Crippen LogP contribution in [0.1, 0.15) is 29.8 Å². The van der Waals surface area contributed by atoms with Crippen LogP contribution in [0.2, 0.25) is 0 Å². The van der Waals surface area contributed by atoms with Crippen molar-refractivity contribution < 1.29 is 14.0 Å². The number of hydrogen-bond acceptors (Lipinski definition) is 4. The molecule has 0 bridgehead atoms. The fourth-order valence-electron chi connectivity index (χ4n) is 2.50. The normalized spacial score (nSPS) is 12.0. The van der Waals surface area contributed by atoms with Gasteiger partial charge in [-0.25, -0.2) is 4.39 Å². The Morgan fingerprint density at radius 3 is 2.46 bits per heavy atom. The summed E-state index contributed by atoms with van der Waals surface area (Å²) in [5, 5.41) is 7.70. The SMILES string of the molecule is CCCNC(=O)CN(C)CC(=O)N[C@@H](c1ccc(F)cc1)c1cccs1. The number of rotatable bonds is 9. The highest BCUT2D eigenvalue weighted by Gasteiger charge is 2.19. The van der Waals surface area contributed by atoms with Crippen molar-refractivity contribution in [3.63, 3.8) is 0 Å². The Kier molecular flexibility index (Phi) is 7.74. The summed E-state index contributed by atoms with van der Waals surface area (Å²) in [6.07, 6.45) is 0.871. The largest absolute Gasteiger partial charge is 0.355 e. The molecule has 2 amide bonds. The van der Waals surface area contributed by atoms with E-state index in [1.165, 1.54) is 23.5 Å². The molecule has 0 unspecified atom stereocenters. The van der Waals surface area contributed by atoms with Gasteiger partial charge in [-0.3, -0.25) is 14.5 Å². The molecule has 0 aliphatic heterocycles. The summed E-state index contributed by atoms with van der Waals surface area (Å²) >= 11 is 1.52. The molecular weight excluding hydrogens is 353 g/mol. The van der Waals surface area contributed by atoms with E-state index in [0.717, 1.165) is 16.9 Å². The third-order valence-electron chi connectivity index (χ3n) is 3.74. The maximum atomic E-state index is 13.2. The molecular formula is C19H24FN3O2S. The van der Waals surface area contributed by atoms with Gasteiger partial charge in [0.15, 0.2) is 0 Å². The number of carbonyl (C=O) groups excluding carboxylic acids is 2. The van der Waals surface area contributed by atoms with Gasteiger partial charge in [-0.05, 0) is 42.6 Å². The van der Waals surface area contributed by atoms with Crippen LogP contribution in [0.5, 0.6) is 0 Å². The highest BCUT2D eigenvalue weighted by Crippen LogP contribution is 2.26. The lowest BCUT2D eigenvalue weighted by molar-refractivity contribution is -0.124. The molecule has 0 saturated heterocycles. The zero-order chi connectivity index (χ0) is 18.9. The van der Waals surface area contributed by atoms with Crippen LogP contribution in [-0.4, -0.2) is 43.4 Å². The molecule has 1 aromatic heterocycles. The van der Waals surface area contributed by atoms with Gasteiger partial charge in [0, 0.05) is 11.4 Å². The van der Waals surface area contributed by atoms with Crippen LogP contribution in [-0.2, 0) is 9.59 Å². The molecule has 0 aliphatic rings. The smallest absolute Gasteiger partial charge is 0.234 e. The minimum absolute atomic E-state index is 0.0998. The highest BCUT2D eigenvalue weighted by atomic mass is 32.1. The minimum Gasteiger partial charge on any atom is -0.355 e. The first-order chi connectivity index (χ1) is 12.5. The van der Waals surface area contributed by atoms with Crippen molar-refractivity contribution >= 4 is 23.2 Å². The molecule has 0 fully saturated rings. The van der Waals surface area contributed by atoms with E-state index < -0.39 is 0 Å². The van der Waals surface area contributed by atoms with E-state index in [2.05, 4.69) is 10.6 Å². The third-order valence-corrected chi connectivity index (χ3v) is 4.67. The summed E-state index contributed by atoms with van der Waals surface area (Å²) in [5.41, 5.74) is 0.811. The number of likely N-dealkylation sites (N-methyl/N-ethyl adjacent to an activating group) is 1. The predicted octanol–water partition coefficient (Wildman–Crippen LogP) is 2.55. The van der Waals surface area contributed by atoms with Gasteiger partial charge in [0.2, 0.25) is 11.8 Å². The van der Waals surface area contributed by atoms with Crippen LogP contribution >= 0.6 is 11.3 Å². The van der Waals surface area contributed by atoms with Crippen molar-refractivity contribution in [2.75, 3.05) is 26.7 Å². The van der Waals surface area contributed by atoms with Crippen molar-refractivity contribution in [1.82, 2.24) is 15.5 Å². The molecule has 1 heterocycles. The lowest BCUT2D eigenvalue weighted by Crippen LogP contribution is -2.42. The molecule has 1 atom stereocenters. The summed E-state index contributed by atoms with van der Waals surface area (Å²) in [6, 6.07) is 9.60. The Bertz CT molecular complexity index is 704. The van der Waals surface area contributed by atoms with E-state index >= 15 is 0 Å². The second kappa shape index (κ2) is 10.0. The number of nitrogens with one attached hydrogen (secondary N) is 2. The second-order valence-corrected chi connectivity index (χ2v) is 7.07. The molecule has 0 radical (unpaired) electrons. The van der Waals surface area contributed by atoms with Crippen LogP contribution in [0.3, 0.4) is 0 Å². The lowest BCUT2D eigenvalue weighted by atomic mass is 10.1. The van der Waals surface area contributed by atoms with Crippen LogP contribution in [0.25, 0.3) is 0 Å². The van der Waals surface area contributed by atoms with Gasteiger partial charge in [-0.1, -0.05) is 25.1 Å². The summed E-state index contributed by atoms with van der Waals surface area (Å²) in [5.74, 6) is -0.614.